The minimum Gasteiger partial charge on any atom is -0.311 e. The molecule has 2 aliphatic rings. The maximum Gasteiger partial charge on any atom is 0.0719 e. The van der Waals surface area contributed by atoms with E-state index in [1.165, 1.54) is 88.7 Å². The fourth-order valence-corrected chi connectivity index (χ4v) is 11.8. The molecule has 13 rings (SSSR count). The van der Waals surface area contributed by atoms with Crippen molar-refractivity contribution in [1.29, 1.82) is 0 Å². The first-order valence-electron chi connectivity index (χ1n) is 23.3. The molecule has 0 bridgehead atoms. The molecule has 0 saturated heterocycles. The number of benzene rings is 11. The molecule has 0 saturated carbocycles. The van der Waals surface area contributed by atoms with Gasteiger partial charge in [0, 0.05) is 17.1 Å². The Hall–Kier alpha value is -8.52. The molecule has 1 unspecified atom stereocenters. The average Bonchev–Trinajstić information content (AvgIpc) is 3.89. The summed E-state index contributed by atoms with van der Waals surface area (Å²) in [6.07, 6.45) is 0. The van der Waals surface area contributed by atoms with Crippen LogP contribution in [0.25, 0.3) is 44.2 Å². The normalized spacial score (nSPS) is 15.0. The number of rotatable bonds is 8. The fourth-order valence-electron chi connectivity index (χ4n) is 11.8. The van der Waals surface area contributed by atoms with Crippen LogP contribution in [-0.2, 0) is 10.8 Å². The summed E-state index contributed by atoms with van der Waals surface area (Å²) in [5.74, 6) is 0. The van der Waals surface area contributed by atoms with Gasteiger partial charge in [0.25, 0.3) is 0 Å². The van der Waals surface area contributed by atoms with E-state index < -0.39 is 10.8 Å². The van der Waals surface area contributed by atoms with Gasteiger partial charge < -0.3 is 4.90 Å². The van der Waals surface area contributed by atoms with E-state index >= 15 is 0 Å². The lowest BCUT2D eigenvalue weighted by Crippen LogP contribution is -2.31. The number of nitrogens with zero attached hydrogens (tertiary/aromatic N) is 1. The second-order valence-corrected chi connectivity index (χ2v) is 17.9. The zero-order valence-electron chi connectivity index (χ0n) is 36.9. The Bertz CT molecular complexity index is 3560. The molecule has 2 aliphatic carbocycles. The maximum absolute atomic E-state index is 2.45. The predicted octanol–water partition coefficient (Wildman–Crippen LogP) is 16.7. The van der Waals surface area contributed by atoms with Gasteiger partial charge in [-0.25, -0.2) is 0 Å². The summed E-state index contributed by atoms with van der Waals surface area (Å²) in [6, 6.07) is 101. The first-order valence-corrected chi connectivity index (χ1v) is 23.3. The number of hydrogen-bond acceptors (Lipinski definition) is 1. The molecule has 1 nitrogen and oxygen atoms in total. The van der Waals surface area contributed by atoms with Gasteiger partial charge in [0.05, 0.1) is 10.8 Å². The van der Waals surface area contributed by atoms with Gasteiger partial charge in [-0.2, -0.15) is 0 Å². The number of hydrogen-bond donors (Lipinski definition) is 0. The van der Waals surface area contributed by atoms with Crippen molar-refractivity contribution in [3.05, 3.63) is 317 Å². The van der Waals surface area contributed by atoms with Crippen LogP contribution in [0, 0.1) is 0 Å². The lowest BCUT2D eigenvalue weighted by molar-refractivity contribution is 0.754. The van der Waals surface area contributed by atoms with Gasteiger partial charge in [-0.15, -0.1) is 0 Å². The molecule has 0 aromatic heterocycles. The Kier molecular flexibility index (Phi) is 9.05. The van der Waals surface area contributed by atoms with Crippen LogP contribution in [0.4, 0.5) is 17.1 Å². The molecule has 11 aromatic carbocycles. The van der Waals surface area contributed by atoms with E-state index in [9.17, 15) is 0 Å². The van der Waals surface area contributed by atoms with Crippen LogP contribution in [0.15, 0.2) is 273 Å². The summed E-state index contributed by atoms with van der Waals surface area (Å²) < 4.78 is 0. The van der Waals surface area contributed by atoms with Gasteiger partial charge in [-0.05, 0) is 131 Å². The minimum atomic E-state index is -0.603. The number of para-hydroxylation sites is 1. The van der Waals surface area contributed by atoms with Gasteiger partial charge >= 0.3 is 0 Å². The van der Waals surface area contributed by atoms with Crippen LogP contribution in [0.3, 0.4) is 0 Å². The number of anilines is 3. The molecule has 0 radical (unpaired) electrons. The lowest BCUT2D eigenvalue weighted by Gasteiger charge is -2.37. The molecule has 67 heavy (non-hydrogen) atoms. The standard InChI is InChI=1S/C66H45N/c1-5-21-50(22-6-1)65(53-37-41-56(42-38-53)67(54-27-11-4-12-28-54)55-39-35-47(36-40-55)49-34-33-46-19-13-14-20-48(46)45-49)61-32-18-16-30-59(61)63-62(65)44-43-58-57-29-15-17-31-60(57)66(64(58)63,51-23-7-2-8-24-51)52-25-9-3-10-26-52/h1-45H. The SMILES string of the molecule is c1ccc(N(c2ccc(-c3ccc4ccccc4c3)cc2)c2ccc(C3(c4ccccc4)c4ccccc4-c4c3ccc3c4C(c4ccccc4)(c4ccccc4)c4ccccc4-3)cc2)cc1. The van der Waals surface area contributed by atoms with E-state index in [4.69, 9.17) is 0 Å². The lowest BCUT2D eigenvalue weighted by atomic mass is 9.64. The van der Waals surface area contributed by atoms with E-state index in [1.807, 2.05) is 0 Å². The van der Waals surface area contributed by atoms with Gasteiger partial charge in [-0.3, -0.25) is 0 Å². The molecule has 1 heteroatoms. The zero-order valence-corrected chi connectivity index (χ0v) is 36.9. The number of fused-ring (bicyclic) bond motifs is 8. The maximum atomic E-state index is 2.45. The van der Waals surface area contributed by atoms with E-state index in [0.717, 1.165) is 17.1 Å². The van der Waals surface area contributed by atoms with Crippen molar-refractivity contribution < 1.29 is 0 Å². The first-order chi connectivity index (χ1) is 33.2. The van der Waals surface area contributed by atoms with Gasteiger partial charge in [-0.1, -0.05) is 231 Å². The van der Waals surface area contributed by atoms with Crippen LogP contribution >= 0.6 is 0 Å². The van der Waals surface area contributed by atoms with E-state index in [1.54, 1.807) is 0 Å². The Morgan fingerprint density at radius 1 is 0.254 bits per heavy atom. The third kappa shape index (κ3) is 5.81. The minimum absolute atomic E-state index is 0.552. The largest absolute Gasteiger partial charge is 0.311 e. The van der Waals surface area contributed by atoms with Gasteiger partial charge in [0.15, 0.2) is 0 Å². The zero-order chi connectivity index (χ0) is 44.4. The fraction of sp³-hybridized carbons (Fsp3) is 0.0303. The third-order valence-corrected chi connectivity index (χ3v) is 14.6. The van der Waals surface area contributed by atoms with Gasteiger partial charge in [0.2, 0.25) is 0 Å². The summed E-state index contributed by atoms with van der Waals surface area (Å²) >= 11 is 0. The molecule has 0 heterocycles. The average molecular weight is 852 g/mol. The van der Waals surface area contributed by atoms with Crippen LogP contribution in [0.2, 0.25) is 0 Å². The third-order valence-electron chi connectivity index (χ3n) is 14.6. The second kappa shape index (κ2) is 15.6. The quantitative estimate of drug-likeness (QED) is 0.147. The van der Waals surface area contributed by atoms with Crippen LogP contribution in [0.5, 0.6) is 0 Å². The monoisotopic (exact) mass is 851 g/mol. The van der Waals surface area contributed by atoms with E-state index in [-0.39, 0.29) is 0 Å². The van der Waals surface area contributed by atoms with Crippen molar-refractivity contribution in [2.75, 3.05) is 4.90 Å². The smallest absolute Gasteiger partial charge is 0.0719 e. The van der Waals surface area contributed by atoms with Crippen molar-refractivity contribution in [1.82, 2.24) is 0 Å². The highest BCUT2D eigenvalue weighted by atomic mass is 15.1. The summed E-state index contributed by atoms with van der Waals surface area (Å²) in [5, 5.41) is 2.50. The molecule has 0 fully saturated rings. The molecule has 0 spiro atoms. The summed E-state index contributed by atoms with van der Waals surface area (Å²) in [7, 11) is 0. The predicted molar refractivity (Wildman–Crippen MR) is 279 cm³/mol. The molecule has 1 atom stereocenters. The Balaban J connectivity index is 1.02. The van der Waals surface area contributed by atoms with Crippen molar-refractivity contribution in [2.24, 2.45) is 0 Å². The van der Waals surface area contributed by atoms with E-state index in [0.29, 0.717) is 0 Å². The van der Waals surface area contributed by atoms with Crippen LogP contribution in [0.1, 0.15) is 44.5 Å². The molecule has 11 aromatic rings. The van der Waals surface area contributed by atoms with Crippen molar-refractivity contribution in [3.63, 3.8) is 0 Å². The molecule has 0 aliphatic heterocycles. The van der Waals surface area contributed by atoms with Crippen molar-refractivity contribution in [3.8, 4) is 33.4 Å². The van der Waals surface area contributed by atoms with Crippen LogP contribution in [-0.4, -0.2) is 0 Å². The van der Waals surface area contributed by atoms with Crippen molar-refractivity contribution in [2.45, 2.75) is 10.8 Å². The molecule has 314 valence electrons. The summed E-state index contributed by atoms with van der Waals surface area (Å²) in [5.41, 5.74) is 20.0. The summed E-state index contributed by atoms with van der Waals surface area (Å²) in [4.78, 5) is 2.37. The van der Waals surface area contributed by atoms with Crippen molar-refractivity contribution >= 4 is 27.8 Å². The highest BCUT2D eigenvalue weighted by Crippen LogP contribution is 2.65. The second-order valence-electron chi connectivity index (χ2n) is 17.9. The Labute approximate surface area is 392 Å². The summed E-state index contributed by atoms with van der Waals surface area (Å²) in [6.45, 7) is 0. The molecule has 0 N–H and O–H groups in total. The molecular formula is C66H45N. The molecular weight excluding hydrogens is 807 g/mol. The highest BCUT2D eigenvalue weighted by molar-refractivity contribution is 5.99. The molecule has 0 amide bonds. The van der Waals surface area contributed by atoms with Crippen LogP contribution < -0.4 is 4.90 Å². The highest BCUT2D eigenvalue weighted by Gasteiger charge is 2.53. The topological polar surface area (TPSA) is 3.24 Å². The first kappa shape index (κ1) is 38.9. The van der Waals surface area contributed by atoms with E-state index in [2.05, 4.69) is 278 Å². The van der Waals surface area contributed by atoms with Gasteiger partial charge in [0.1, 0.15) is 0 Å². The Morgan fingerprint density at radius 2 is 0.701 bits per heavy atom. The Morgan fingerprint density at radius 3 is 1.33 bits per heavy atom.